The Hall–Kier alpha value is -2.41. The normalized spacial score (nSPS) is 13.4. The van der Waals surface area contributed by atoms with Crippen LogP contribution in [0, 0.1) is 0 Å². The summed E-state index contributed by atoms with van der Waals surface area (Å²) in [5.41, 5.74) is 0.404. The maximum Gasteiger partial charge on any atom is 0.325 e. The highest BCUT2D eigenvalue weighted by Gasteiger charge is 2.27. The molecule has 4 N–H and O–H groups in total. The van der Waals surface area contributed by atoms with Gasteiger partial charge in [0.15, 0.2) is 0 Å². The molecule has 0 bridgehead atoms. The van der Waals surface area contributed by atoms with Crippen LogP contribution in [0.3, 0.4) is 0 Å². The third-order valence-corrected chi connectivity index (χ3v) is 2.69. The number of rotatable bonds is 8. The van der Waals surface area contributed by atoms with Crippen LogP contribution >= 0.6 is 0 Å². The van der Waals surface area contributed by atoms with Crippen molar-refractivity contribution in [2.24, 2.45) is 0 Å². The number of hydrogen-bond acceptors (Lipinski definition) is 4. The van der Waals surface area contributed by atoms with Crippen LogP contribution in [-0.2, 0) is 14.4 Å². The second-order valence-corrected chi connectivity index (χ2v) is 4.17. The molecule has 108 valence electrons. The number of carbonyl (C=O) groups is 3. The topological polar surface area (TPSA) is 124 Å². The summed E-state index contributed by atoms with van der Waals surface area (Å²) in [5.74, 6) is -3.64. The van der Waals surface area contributed by atoms with Gasteiger partial charge in [-0.3, -0.25) is 19.7 Å². The van der Waals surface area contributed by atoms with Gasteiger partial charge < -0.3 is 15.3 Å². The zero-order valence-corrected chi connectivity index (χ0v) is 10.5. The van der Waals surface area contributed by atoms with Crippen molar-refractivity contribution < 1.29 is 29.7 Å². The molecule has 2 atom stereocenters. The van der Waals surface area contributed by atoms with E-state index in [1.54, 1.807) is 30.3 Å². The Balaban J connectivity index is 2.84. The number of carboxylic acid groups (broad SMARTS) is 3. The third kappa shape index (κ3) is 4.69. The summed E-state index contributed by atoms with van der Waals surface area (Å²) in [4.78, 5) is 32.8. The van der Waals surface area contributed by atoms with Gasteiger partial charge >= 0.3 is 17.9 Å². The minimum Gasteiger partial charge on any atom is -0.481 e. The van der Waals surface area contributed by atoms with Crippen molar-refractivity contribution in [3.05, 3.63) is 35.9 Å². The predicted molar refractivity (Wildman–Crippen MR) is 68.2 cm³/mol. The maximum atomic E-state index is 11.2. The fourth-order valence-corrected chi connectivity index (χ4v) is 1.70. The van der Waals surface area contributed by atoms with Crippen LogP contribution < -0.4 is 5.32 Å². The largest absolute Gasteiger partial charge is 0.481 e. The molecule has 0 saturated heterocycles. The van der Waals surface area contributed by atoms with Crippen LogP contribution in [0.1, 0.15) is 24.4 Å². The molecule has 0 heterocycles. The monoisotopic (exact) mass is 281 g/mol. The summed E-state index contributed by atoms with van der Waals surface area (Å²) in [5, 5.41) is 29.2. The molecule has 1 rings (SSSR count). The van der Waals surface area contributed by atoms with Crippen molar-refractivity contribution in [2.45, 2.75) is 24.9 Å². The van der Waals surface area contributed by atoms with E-state index in [0.717, 1.165) is 0 Å². The van der Waals surface area contributed by atoms with Crippen LogP contribution in [0.4, 0.5) is 0 Å². The first-order valence-electron chi connectivity index (χ1n) is 5.90. The Kier molecular flexibility index (Phi) is 5.67. The molecule has 0 aliphatic rings. The van der Waals surface area contributed by atoms with Gasteiger partial charge in [-0.1, -0.05) is 30.3 Å². The van der Waals surface area contributed by atoms with E-state index in [9.17, 15) is 14.4 Å². The molecule has 20 heavy (non-hydrogen) atoms. The van der Waals surface area contributed by atoms with Crippen molar-refractivity contribution in [1.82, 2.24) is 5.32 Å². The molecule has 0 aliphatic carbocycles. The van der Waals surface area contributed by atoms with Gasteiger partial charge in [0, 0.05) is 6.42 Å². The third-order valence-electron chi connectivity index (χ3n) is 2.69. The van der Waals surface area contributed by atoms with Gasteiger partial charge in [-0.2, -0.15) is 0 Å². The summed E-state index contributed by atoms with van der Waals surface area (Å²) in [6.07, 6.45) is -0.549. The first-order chi connectivity index (χ1) is 9.41. The molecule has 0 spiro atoms. The minimum absolute atomic E-state index is 0.193. The van der Waals surface area contributed by atoms with E-state index in [4.69, 9.17) is 15.3 Å². The van der Waals surface area contributed by atoms with Gasteiger partial charge in [0.2, 0.25) is 0 Å². The summed E-state index contributed by atoms with van der Waals surface area (Å²) in [6, 6.07) is 5.66. The summed E-state index contributed by atoms with van der Waals surface area (Å²) >= 11 is 0. The zero-order chi connectivity index (χ0) is 15.1. The van der Waals surface area contributed by atoms with Gasteiger partial charge in [-0.15, -0.1) is 0 Å². The van der Waals surface area contributed by atoms with Crippen molar-refractivity contribution in [2.75, 3.05) is 0 Å². The van der Waals surface area contributed by atoms with Crippen LogP contribution in [0.15, 0.2) is 30.3 Å². The molecule has 1 aromatic carbocycles. The first kappa shape index (κ1) is 15.6. The molecule has 7 nitrogen and oxygen atoms in total. The highest BCUT2D eigenvalue weighted by Crippen LogP contribution is 2.15. The van der Waals surface area contributed by atoms with Gasteiger partial charge in [-0.05, 0) is 12.0 Å². The van der Waals surface area contributed by atoms with Crippen LogP contribution in [0.2, 0.25) is 0 Å². The molecule has 7 heteroatoms. The molecular weight excluding hydrogens is 266 g/mol. The lowest BCUT2D eigenvalue weighted by atomic mass is 10.0. The van der Waals surface area contributed by atoms with Crippen molar-refractivity contribution in [3.63, 3.8) is 0 Å². The Morgan fingerprint density at radius 1 is 1.00 bits per heavy atom. The highest BCUT2D eigenvalue weighted by molar-refractivity contribution is 5.79. The first-order valence-corrected chi connectivity index (χ1v) is 5.90. The van der Waals surface area contributed by atoms with Crippen LogP contribution in [-0.4, -0.2) is 39.3 Å². The SMILES string of the molecule is O=C(O)CC[C@H](NC(C(=O)O)c1ccccc1)C(=O)O. The summed E-state index contributed by atoms with van der Waals surface area (Å²) in [6.45, 7) is 0. The molecule has 0 fully saturated rings. The highest BCUT2D eigenvalue weighted by atomic mass is 16.4. The van der Waals surface area contributed by atoms with Crippen molar-refractivity contribution in [3.8, 4) is 0 Å². The smallest absolute Gasteiger partial charge is 0.325 e. The van der Waals surface area contributed by atoms with Crippen molar-refractivity contribution >= 4 is 17.9 Å². The molecule has 1 unspecified atom stereocenters. The number of hydrogen-bond donors (Lipinski definition) is 4. The number of benzene rings is 1. The van der Waals surface area contributed by atoms with Crippen LogP contribution in [0.5, 0.6) is 0 Å². The maximum absolute atomic E-state index is 11.2. The minimum atomic E-state index is -1.28. The Morgan fingerprint density at radius 2 is 1.60 bits per heavy atom. The summed E-state index contributed by atoms with van der Waals surface area (Å²) < 4.78 is 0. The van der Waals surface area contributed by atoms with E-state index >= 15 is 0 Å². The molecule has 1 aromatic rings. The van der Waals surface area contributed by atoms with E-state index in [1.165, 1.54) is 0 Å². The van der Waals surface area contributed by atoms with E-state index in [2.05, 4.69) is 5.32 Å². The zero-order valence-electron chi connectivity index (χ0n) is 10.5. The molecular formula is C13H15NO6. The quantitative estimate of drug-likeness (QED) is 0.553. The Morgan fingerprint density at radius 3 is 2.05 bits per heavy atom. The molecule has 0 saturated carbocycles. The molecule has 0 radical (unpaired) electrons. The number of carboxylic acids is 3. The van der Waals surface area contributed by atoms with Gasteiger partial charge in [-0.25, -0.2) is 0 Å². The van der Waals surface area contributed by atoms with Gasteiger partial charge in [0.25, 0.3) is 0 Å². The standard InChI is InChI=1S/C13H15NO6/c15-10(16)7-6-9(12(17)18)14-11(13(19)20)8-4-2-1-3-5-8/h1-5,9,11,14H,6-7H2,(H,15,16)(H,17,18)(H,19,20)/t9-,11?/m0/s1. The molecule has 0 amide bonds. The number of aliphatic carboxylic acids is 3. The van der Waals surface area contributed by atoms with E-state index in [1.807, 2.05) is 0 Å². The predicted octanol–water partition coefficient (Wildman–Crippen LogP) is 0.720. The van der Waals surface area contributed by atoms with Crippen LogP contribution in [0.25, 0.3) is 0 Å². The lowest BCUT2D eigenvalue weighted by molar-refractivity contribution is -0.143. The Labute approximate surface area is 114 Å². The van der Waals surface area contributed by atoms with Gasteiger partial charge in [0.05, 0.1) is 0 Å². The fraction of sp³-hybridized carbons (Fsp3) is 0.308. The second-order valence-electron chi connectivity index (χ2n) is 4.17. The lowest BCUT2D eigenvalue weighted by Gasteiger charge is -2.20. The molecule has 0 aliphatic heterocycles. The second kappa shape index (κ2) is 7.25. The fourth-order valence-electron chi connectivity index (χ4n) is 1.70. The Bertz CT molecular complexity index is 487. The summed E-state index contributed by atoms with van der Waals surface area (Å²) in [7, 11) is 0. The lowest BCUT2D eigenvalue weighted by Crippen LogP contribution is -2.42. The van der Waals surface area contributed by atoms with Crippen molar-refractivity contribution in [1.29, 1.82) is 0 Å². The van der Waals surface area contributed by atoms with E-state index < -0.39 is 30.0 Å². The average molecular weight is 281 g/mol. The number of nitrogens with one attached hydrogen (secondary N) is 1. The van der Waals surface area contributed by atoms with Gasteiger partial charge in [0.1, 0.15) is 12.1 Å². The van der Waals surface area contributed by atoms with E-state index in [0.29, 0.717) is 5.56 Å². The van der Waals surface area contributed by atoms with E-state index in [-0.39, 0.29) is 12.8 Å². The molecule has 0 aromatic heterocycles. The average Bonchev–Trinajstić information content (AvgIpc) is 2.38.